The number of halogens is 4. The van der Waals surface area contributed by atoms with Crippen molar-refractivity contribution in [2.24, 2.45) is 4.99 Å². The SMILES string of the molecule is CN=C(NCc1ccc(OCC(F)(F)F)cc1)NCc1nccn1Cc1ccccc1.I. The number of alkyl halides is 3. The first-order chi connectivity index (χ1) is 14.9. The van der Waals surface area contributed by atoms with E-state index in [1.165, 1.54) is 17.7 Å². The Morgan fingerprint density at radius 3 is 2.34 bits per heavy atom. The maximum Gasteiger partial charge on any atom is 0.422 e. The highest BCUT2D eigenvalue weighted by Crippen LogP contribution is 2.18. The third kappa shape index (κ3) is 8.40. The molecule has 0 unspecified atom stereocenters. The zero-order valence-corrected chi connectivity index (χ0v) is 19.8. The van der Waals surface area contributed by atoms with Crippen molar-refractivity contribution >= 4 is 29.9 Å². The number of ether oxygens (including phenoxy) is 1. The van der Waals surface area contributed by atoms with Gasteiger partial charge in [0.1, 0.15) is 11.6 Å². The number of imidazole rings is 1. The van der Waals surface area contributed by atoms with Crippen LogP contribution in [0.15, 0.2) is 72.0 Å². The molecule has 0 amide bonds. The molecule has 0 aliphatic heterocycles. The van der Waals surface area contributed by atoms with E-state index >= 15 is 0 Å². The fraction of sp³-hybridized carbons (Fsp3) is 0.273. The van der Waals surface area contributed by atoms with Crippen LogP contribution in [0.1, 0.15) is 17.0 Å². The van der Waals surface area contributed by atoms with Crippen molar-refractivity contribution in [1.82, 2.24) is 20.2 Å². The number of hydrogen-bond donors (Lipinski definition) is 2. The first kappa shape index (κ1) is 25.5. The van der Waals surface area contributed by atoms with Crippen LogP contribution in [0.3, 0.4) is 0 Å². The molecule has 2 aromatic carbocycles. The lowest BCUT2D eigenvalue weighted by Gasteiger charge is -2.14. The van der Waals surface area contributed by atoms with Gasteiger partial charge in [-0.15, -0.1) is 24.0 Å². The molecule has 0 saturated heterocycles. The molecule has 0 fully saturated rings. The number of guanidine groups is 1. The van der Waals surface area contributed by atoms with Gasteiger partial charge in [-0.3, -0.25) is 4.99 Å². The quantitative estimate of drug-likeness (QED) is 0.245. The van der Waals surface area contributed by atoms with Crippen LogP contribution in [-0.4, -0.2) is 35.3 Å². The van der Waals surface area contributed by atoms with Gasteiger partial charge in [-0.25, -0.2) is 4.98 Å². The molecule has 6 nitrogen and oxygen atoms in total. The van der Waals surface area contributed by atoms with Gasteiger partial charge in [-0.05, 0) is 23.3 Å². The summed E-state index contributed by atoms with van der Waals surface area (Å²) in [7, 11) is 1.67. The van der Waals surface area contributed by atoms with Crippen molar-refractivity contribution < 1.29 is 17.9 Å². The van der Waals surface area contributed by atoms with Gasteiger partial charge in [0.25, 0.3) is 0 Å². The molecule has 0 bridgehead atoms. The summed E-state index contributed by atoms with van der Waals surface area (Å²) in [6, 6.07) is 16.6. The second kappa shape index (κ2) is 12.3. The van der Waals surface area contributed by atoms with Crippen LogP contribution < -0.4 is 15.4 Å². The van der Waals surface area contributed by atoms with Crippen LogP contribution in [0.5, 0.6) is 5.75 Å². The van der Waals surface area contributed by atoms with E-state index in [0.717, 1.165) is 17.9 Å². The standard InChI is InChI=1S/C22H24F3N5O.HI/c1-26-21(28-13-17-7-9-19(10-8-17)31-16-22(23,24)25)29-14-20-27-11-12-30(20)15-18-5-3-2-4-6-18;/h2-12H,13-16H2,1H3,(H2,26,28,29);1H. The van der Waals surface area contributed by atoms with E-state index in [0.29, 0.717) is 19.0 Å². The minimum absolute atomic E-state index is 0. The number of aliphatic imine (C=N–C) groups is 1. The third-order valence-corrected chi connectivity index (χ3v) is 4.42. The summed E-state index contributed by atoms with van der Waals surface area (Å²) in [5.74, 6) is 1.64. The molecule has 0 saturated carbocycles. The Hall–Kier alpha value is -2.76. The summed E-state index contributed by atoms with van der Waals surface area (Å²) in [4.78, 5) is 8.60. The lowest BCUT2D eigenvalue weighted by atomic mass is 10.2. The van der Waals surface area contributed by atoms with Gasteiger partial charge in [0.05, 0.1) is 6.54 Å². The van der Waals surface area contributed by atoms with Gasteiger partial charge in [-0.1, -0.05) is 42.5 Å². The normalized spacial score (nSPS) is 11.6. The van der Waals surface area contributed by atoms with Crippen molar-refractivity contribution in [2.75, 3.05) is 13.7 Å². The van der Waals surface area contributed by atoms with Crippen molar-refractivity contribution in [3.05, 3.63) is 83.9 Å². The molecule has 0 radical (unpaired) electrons. The smallest absolute Gasteiger partial charge is 0.422 e. The van der Waals surface area contributed by atoms with E-state index in [-0.39, 0.29) is 29.7 Å². The lowest BCUT2D eigenvalue weighted by molar-refractivity contribution is -0.153. The lowest BCUT2D eigenvalue weighted by Crippen LogP contribution is -2.37. The number of rotatable bonds is 8. The highest BCUT2D eigenvalue weighted by molar-refractivity contribution is 14.0. The van der Waals surface area contributed by atoms with Gasteiger partial charge in [0.15, 0.2) is 12.6 Å². The molecular weight excluding hydrogens is 534 g/mol. The van der Waals surface area contributed by atoms with E-state index in [2.05, 4.69) is 37.3 Å². The second-order valence-corrected chi connectivity index (χ2v) is 6.78. The van der Waals surface area contributed by atoms with Gasteiger partial charge in [-0.2, -0.15) is 13.2 Å². The van der Waals surface area contributed by atoms with Crippen LogP contribution in [0.2, 0.25) is 0 Å². The first-order valence-corrected chi connectivity index (χ1v) is 9.70. The predicted molar refractivity (Wildman–Crippen MR) is 128 cm³/mol. The maximum atomic E-state index is 12.2. The average Bonchev–Trinajstić information content (AvgIpc) is 3.20. The van der Waals surface area contributed by atoms with Crippen molar-refractivity contribution in [2.45, 2.75) is 25.8 Å². The Labute approximate surface area is 201 Å². The summed E-state index contributed by atoms with van der Waals surface area (Å²) in [5, 5.41) is 6.40. The van der Waals surface area contributed by atoms with E-state index < -0.39 is 12.8 Å². The minimum Gasteiger partial charge on any atom is -0.484 e. The molecule has 0 aliphatic carbocycles. The zero-order chi connectivity index (χ0) is 22.1. The highest BCUT2D eigenvalue weighted by atomic mass is 127. The van der Waals surface area contributed by atoms with Gasteiger partial charge >= 0.3 is 6.18 Å². The Bertz CT molecular complexity index is 975. The molecule has 1 heterocycles. The summed E-state index contributed by atoms with van der Waals surface area (Å²) in [5.41, 5.74) is 2.07. The Balaban J connectivity index is 0.00000363. The van der Waals surface area contributed by atoms with Crippen molar-refractivity contribution in [3.8, 4) is 5.75 Å². The monoisotopic (exact) mass is 559 g/mol. The summed E-state index contributed by atoms with van der Waals surface area (Å²) >= 11 is 0. The molecule has 0 spiro atoms. The maximum absolute atomic E-state index is 12.2. The van der Waals surface area contributed by atoms with Crippen LogP contribution in [0, 0.1) is 0 Å². The molecule has 3 aromatic rings. The predicted octanol–water partition coefficient (Wildman–Crippen LogP) is 4.36. The number of nitrogens with one attached hydrogen (secondary N) is 2. The van der Waals surface area contributed by atoms with Crippen LogP contribution in [0.4, 0.5) is 13.2 Å². The summed E-state index contributed by atoms with van der Waals surface area (Å²) < 4.78 is 43.4. The van der Waals surface area contributed by atoms with E-state index in [4.69, 9.17) is 4.74 Å². The first-order valence-electron chi connectivity index (χ1n) is 9.70. The van der Waals surface area contributed by atoms with E-state index in [1.807, 2.05) is 24.4 Å². The van der Waals surface area contributed by atoms with E-state index in [1.54, 1.807) is 25.4 Å². The fourth-order valence-corrected chi connectivity index (χ4v) is 2.87. The molecule has 0 aliphatic rings. The van der Waals surface area contributed by atoms with Gasteiger partial charge < -0.3 is 19.9 Å². The second-order valence-electron chi connectivity index (χ2n) is 6.78. The minimum atomic E-state index is -4.35. The largest absolute Gasteiger partial charge is 0.484 e. The average molecular weight is 559 g/mol. The number of hydrogen-bond acceptors (Lipinski definition) is 3. The molecular formula is C22H25F3IN5O. The Morgan fingerprint density at radius 1 is 1.00 bits per heavy atom. The highest BCUT2D eigenvalue weighted by Gasteiger charge is 2.28. The van der Waals surface area contributed by atoms with Crippen LogP contribution in [0.25, 0.3) is 0 Å². The molecule has 10 heteroatoms. The van der Waals surface area contributed by atoms with E-state index in [9.17, 15) is 13.2 Å². The van der Waals surface area contributed by atoms with Crippen molar-refractivity contribution in [3.63, 3.8) is 0 Å². The topological polar surface area (TPSA) is 63.5 Å². The number of nitrogens with zero attached hydrogens (tertiary/aromatic N) is 3. The Morgan fingerprint density at radius 2 is 1.69 bits per heavy atom. The summed E-state index contributed by atoms with van der Waals surface area (Å²) in [6.07, 6.45) is -0.657. The summed E-state index contributed by atoms with van der Waals surface area (Å²) in [6.45, 7) is 0.370. The van der Waals surface area contributed by atoms with Crippen LogP contribution in [-0.2, 0) is 19.6 Å². The molecule has 32 heavy (non-hydrogen) atoms. The molecule has 172 valence electrons. The molecule has 3 rings (SSSR count). The molecule has 1 aromatic heterocycles. The number of benzene rings is 2. The Kier molecular flexibility index (Phi) is 9.82. The van der Waals surface area contributed by atoms with Gasteiger partial charge in [0.2, 0.25) is 0 Å². The zero-order valence-electron chi connectivity index (χ0n) is 17.5. The molecule has 2 N–H and O–H groups in total. The number of aromatic nitrogens is 2. The van der Waals surface area contributed by atoms with Crippen molar-refractivity contribution in [1.29, 1.82) is 0 Å². The third-order valence-electron chi connectivity index (χ3n) is 4.42. The molecule has 0 atom stereocenters. The van der Waals surface area contributed by atoms with Crippen LogP contribution >= 0.6 is 24.0 Å². The van der Waals surface area contributed by atoms with Gasteiger partial charge in [0, 0.05) is 32.5 Å². The fourth-order valence-electron chi connectivity index (χ4n) is 2.87.